The summed E-state index contributed by atoms with van der Waals surface area (Å²) in [6.45, 7) is 0.184. The zero-order valence-electron chi connectivity index (χ0n) is 23.5. The monoisotopic (exact) mass is 610 g/mol. The van der Waals surface area contributed by atoms with Crippen molar-refractivity contribution in [2.45, 2.75) is 49.9 Å². The van der Waals surface area contributed by atoms with E-state index in [1.54, 1.807) is 36.5 Å². The summed E-state index contributed by atoms with van der Waals surface area (Å²) < 4.78 is 0. The minimum atomic E-state index is -1.24. The van der Waals surface area contributed by atoms with Gasteiger partial charge in [-0.3, -0.25) is 19.4 Å². The number of para-hydroxylation sites is 1. The largest absolute Gasteiger partial charge is 0.480 e. The van der Waals surface area contributed by atoms with Crippen molar-refractivity contribution in [1.29, 1.82) is 0 Å². The summed E-state index contributed by atoms with van der Waals surface area (Å²) in [5.74, 6) is -3.39. The molecule has 4 unspecified atom stereocenters. The number of carbonyl (C=O) groups excluding carboxylic acids is 3. The Kier molecular flexibility index (Phi) is 12.4. The number of nitrogens with one attached hydrogen (secondary N) is 4. The smallest absolute Gasteiger partial charge is 0.326 e. The lowest BCUT2D eigenvalue weighted by Gasteiger charge is -2.24. The topological polar surface area (TPSA) is 231 Å². The fourth-order valence-electron chi connectivity index (χ4n) is 4.47. The molecule has 2 aromatic carbocycles. The summed E-state index contributed by atoms with van der Waals surface area (Å²) in [6, 6.07) is 12.0. The van der Waals surface area contributed by atoms with Gasteiger partial charge in [0.25, 0.3) is 0 Å². The lowest BCUT2D eigenvalue weighted by molar-refractivity contribution is -0.142. The molecule has 0 saturated carbocycles. The number of hydrogen-bond donors (Lipinski definition) is 9. The molecule has 13 nitrogen and oxygen atoms in total. The standard InChI is InChI=1S/C29H38N8O5S/c30-20(14-18-15-34-21-10-5-4-9-19(18)21)25(38)37-24(16-43)27(40)35-22(11-6-12-33-29(31)32)26(39)36-23(28(41)42)13-17-7-2-1-3-8-17/h1-5,7-10,15,20,22-24,34,43H,6,11-14,16,30H2,(H,35,40)(H,36,39)(H,37,38)(H,41,42)(H4,31,32,33). The Labute approximate surface area is 254 Å². The summed E-state index contributed by atoms with van der Waals surface area (Å²) in [4.78, 5) is 58.3. The van der Waals surface area contributed by atoms with Crippen molar-refractivity contribution >= 4 is 53.2 Å². The summed E-state index contributed by atoms with van der Waals surface area (Å²) in [5.41, 5.74) is 19.4. The second kappa shape index (κ2) is 16.2. The van der Waals surface area contributed by atoms with Gasteiger partial charge in [0.15, 0.2) is 5.96 Å². The third kappa shape index (κ3) is 10.0. The van der Waals surface area contributed by atoms with E-state index in [-0.39, 0.29) is 37.5 Å². The first kappa shape index (κ1) is 32.9. The number of carboxylic acids is 1. The van der Waals surface area contributed by atoms with Crippen molar-refractivity contribution in [1.82, 2.24) is 20.9 Å². The van der Waals surface area contributed by atoms with E-state index in [2.05, 4.69) is 38.6 Å². The van der Waals surface area contributed by atoms with Gasteiger partial charge in [-0.1, -0.05) is 48.5 Å². The molecule has 1 aromatic heterocycles. The summed E-state index contributed by atoms with van der Waals surface area (Å²) in [7, 11) is 0. The fourth-order valence-corrected chi connectivity index (χ4v) is 4.73. The molecule has 0 fully saturated rings. The van der Waals surface area contributed by atoms with Gasteiger partial charge in [-0.2, -0.15) is 12.6 Å². The average Bonchev–Trinajstić information content (AvgIpc) is 3.39. The van der Waals surface area contributed by atoms with Crippen LogP contribution in [-0.2, 0) is 32.0 Å². The normalized spacial score (nSPS) is 13.7. The van der Waals surface area contributed by atoms with Crippen LogP contribution in [0.1, 0.15) is 24.0 Å². The van der Waals surface area contributed by atoms with E-state index >= 15 is 0 Å². The molecule has 0 spiro atoms. The lowest BCUT2D eigenvalue weighted by atomic mass is 10.0. The molecule has 14 heteroatoms. The van der Waals surface area contributed by atoms with E-state index in [1.807, 2.05) is 24.3 Å². The number of aliphatic carboxylic acids is 1. The number of thiol groups is 1. The molecule has 0 saturated heterocycles. The number of H-pyrrole nitrogens is 1. The van der Waals surface area contributed by atoms with Gasteiger partial charge < -0.3 is 43.2 Å². The number of carboxylic acid groups (broad SMARTS) is 1. The van der Waals surface area contributed by atoms with E-state index < -0.39 is 47.9 Å². The number of carbonyl (C=O) groups is 4. The molecule has 1 heterocycles. The molecule has 3 amide bonds. The fraction of sp³-hybridized carbons (Fsp3) is 0.345. The number of aromatic nitrogens is 1. The highest BCUT2D eigenvalue weighted by molar-refractivity contribution is 7.80. The summed E-state index contributed by atoms with van der Waals surface area (Å²) >= 11 is 4.21. The van der Waals surface area contributed by atoms with Gasteiger partial charge in [-0.05, 0) is 36.5 Å². The predicted molar refractivity (Wildman–Crippen MR) is 167 cm³/mol. The van der Waals surface area contributed by atoms with Crippen molar-refractivity contribution in [2.24, 2.45) is 22.2 Å². The molecular formula is C29H38N8O5S. The first-order chi connectivity index (χ1) is 20.6. The second-order valence-corrected chi connectivity index (χ2v) is 10.4. The third-order valence-corrected chi connectivity index (χ3v) is 7.11. The summed E-state index contributed by atoms with van der Waals surface area (Å²) in [5, 5.41) is 18.4. The number of rotatable bonds is 16. The van der Waals surface area contributed by atoms with Crippen molar-refractivity contribution in [3.8, 4) is 0 Å². The van der Waals surface area contributed by atoms with Crippen molar-refractivity contribution < 1.29 is 24.3 Å². The minimum Gasteiger partial charge on any atom is -0.480 e. The molecule has 43 heavy (non-hydrogen) atoms. The Hall–Kier alpha value is -4.56. The maximum absolute atomic E-state index is 13.2. The number of fused-ring (bicyclic) bond motifs is 1. The maximum atomic E-state index is 13.2. The van der Waals surface area contributed by atoms with Gasteiger partial charge in [-0.15, -0.1) is 0 Å². The number of guanidine groups is 1. The van der Waals surface area contributed by atoms with Crippen LogP contribution in [0.2, 0.25) is 0 Å². The Morgan fingerprint density at radius 3 is 2.16 bits per heavy atom. The Morgan fingerprint density at radius 2 is 1.49 bits per heavy atom. The van der Waals surface area contributed by atoms with Crippen LogP contribution in [0, 0.1) is 0 Å². The molecule has 3 aromatic rings. The predicted octanol–water partition coefficient (Wildman–Crippen LogP) is -0.197. The van der Waals surface area contributed by atoms with Gasteiger partial charge in [0.2, 0.25) is 17.7 Å². The van der Waals surface area contributed by atoms with Crippen LogP contribution in [0.25, 0.3) is 10.9 Å². The van der Waals surface area contributed by atoms with Crippen LogP contribution in [-0.4, -0.2) is 76.2 Å². The van der Waals surface area contributed by atoms with E-state index in [1.165, 1.54) is 0 Å². The van der Waals surface area contributed by atoms with Gasteiger partial charge in [0, 0.05) is 35.8 Å². The molecule has 4 atom stereocenters. The van der Waals surface area contributed by atoms with Crippen molar-refractivity contribution in [3.05, 3.63) is 71.9 Å². The lowest BCUT2D eigenvalue weighted by Crippen LogP contribution is -2.58. The molecule has 230 valence electrons. The molecule has 11 N–H and O–H groups in total. The maximum Gasteiger partial charge on any atom is 0.326 e. The van der Waals surface area contributed by atoms with Gasteiger partial charge >= 0.3 is 5.97 Å². The van der Waals surface area contributed by atoms with E-state index in [0.717, 1.165) is 16.5 Å². The van der Waals surface area contributed by atoms with E-state index in [4.69, 9.17) is 17.2 Å². The summed E-state index contributed by atoms with van der Waals surface area (Å²) in [6.07, 6.45) is 2.46. The molecule has 0 radical (unpaired) electrons. The van der Waals surface area contributed by atoms with Crippen LogP contribution < -0.4 is 33.2 Å². The van der Waals surface area contributed by atoms with Crippen LogP contribution in [0.3, 0.4) is 0 Å². The second-order valence-electron chi connectivity index (χ2n) is 10.0. The highest BCUT2D eigenvalue weighted by Gasteiger charge is 2.30. The number of hydrogen-bond acceptors (Lipinski definition) is 7. The van der Waals surface area contributed by atoms with Crippen molar-refractivity contribution in [2.75, 3.05) is 12.3 Å². The zero-order chi connectivity index (χ0) is 31.4. The average molecular weight is 611 g/mol. The van der Waals surface area contributed by atoms with Crippen molar-refractivity contribution in [3.63, 3.8) is 0 Å². The first-order valence-corrected chi connectivity index (χ1v) is 14.4. The third-order valence-electron chi connectivity index (χ3n) is 6.74. The molecule has 0 aliphatic heterocycles. The first-order valence-electron chi connectivity index (χ1n) is 13.7. The van der Waals surface area contributed by atoms with E-state index in [9.17, 15) is 24.3 Å². The number of aliphatic imine (C=N–C) groups is 1. The zero-order valence-corrected chi connectivity index (χ0v) is 24.4. The van der Waals surface area contributed by atoms with E-state index in [0.29, 0.717) is 12.0 Å². The highest BCUT2D eigenvalue weighted by Crippen LogP contribution is 2.18. The minimum absolute atomic E-state index is 0.0419. The molecular weight excluding hydrogens is 572 g/mol. The molecule has 3 rings (SSSR count). The quantitative estimate of drug-likeness (QED) is 0.0455. The number of amides is 3. The van der Waals surface area contributed by atoms with Crippen LogP contribution in [0.5, 0.6) is 0 Å². The Morgan fingerprint density at radius 1 is 0.860 bits per heavy atom. The number of aromatic amines is 1. The Bertz CT molecular complexity index is 1430. The molecule has 0 aliphatic carbocycles. The number of nitrogens with zero attached hydrogens (tertiary/aromatic N) is 1. The SMILES string of the molecule is NC(N)=NCCCC(NC(=O)C(CS)NC(=O)C(N)Cc1c[nH]c2ccccc12)C(=O)NC(Cc1ccccc1)C(=O)O. The van der Waals surface area contributed by atoms with Gasteiger partial charge in [0.05, 0.1) is 6.04 Å². The molecule has 0 bridgehead atoms. The van der Waals surface area contributed by atoms with Crippen LogP contribution in [0.15, 0.2) is 65.8 Å². The Balaban J connectivity index is 1.66. The van der Waals surface area contributed by atoms with Gasteiger partial charge in [-0.25, -0.2) is 4.79 Å². The van der Waals surface area contributed by atoms with Gasteiger partial charge in [0.1, 0.15) is 18.1 Å². The molecule has 0 aliphatic rings. The van der Waals surface area contributed by atoms with Crippen LogP contribution in [0.4, 0.5) is 0 Å². The highest BCUT2D eigenvalue weighted by atomic mass is 32.1. The number of nitrogens with two attached hydrogens (primary N) is 3. The number of benzene rings is 2. The van der Waals surface area contributed by atoms with Crippen LogP contribution >= 0.6 is 12.6 Å².